The Balaban J connectivity index is 1.51. The lowest BCUT2D eigenvalue weighted by Crippen LogP contribution is -2.37. The van der Waals surface area contributed by atoms with Crippen molar-refractivity contribution < 1.29 is 19.0 Å². The average Bonchev–Trinajstić information content (AvgIpc) is 3.02. The van der Waals surface area contributed by atoms with E-state index >= 15 is 0 Å². The summed E-state index contributed by atoms with van der Waals surface area (Å²) in [5, 5.41) is 0. The Labute approximate surface area is 207 Å². The van der Waals surface area contributed by atoms with Crippen molar-refractivity contribution in [1.82, 2.24) is 14.8 Å². The normalized spacial score (nSPS) is 16.7. The van der Waals surface area contributed by atoms with E-state index in [0.29, 0.717) is 57.4 Å². The first-order valence-electron chi connectivity index (χ1n) is 12.0. The summed E-state index contributed by atoms with van der Waals surface area (Å²) in [4.78, 5) is 21.7. The number of rotatable bonds is 10. The zero-order chi connectivity index (χ0) is 24.5. The maximum Gasteiger partial charge on any atom is 0.237 e. The molecular weight excluding hydrogens is 442 g/mol. The largest absolute Gasteiger partial charge is 0.493 e. The average molecular weight is 476 g/mol. The van der Waals surface area contributed by atoms with Crippen LogP contribution in [0.15, 0.2) is 72.9 Å². The molecule has 1 aliphatic rings. The Kier molecular flexibility index (Phi) is 8.70. The maximum atomic E-state index is 13.3. The van der Waals surface area contributed by atoms with Crippen molar-refractivity contribution in [3.63, 3.8) is 0 Å². The lowest BCUT2D eigenvalue weighted by Gasteiger charge is -2.25. The van der Waals surface area contributed by atoms with Crippen molar-refractivity contribution in [2.75, 3.05) is 33.4 Å². The third-order valence-corrected chi connectivity index (χ3v) is 5.94. The van der Waals surface area contributed by atoms with Gasteiger partial charge in [-0.05, 0) is 42.3 Å². The molecule has 7 heteroatoms. The first kappa shape index (κ1) is 24.7. The lowest BCUT2D eigenvalue weighted by atomic mass is 10.1. The van der Waals surface area contributed by atoms with Crippen LogP contribution in [0, 0.1) is 0 Å². The number of carbonyl (C=O) groups excluding carboxylic acids is 1. The van der Waals surface area contributed by atoms with Crippen LogP contribution in [0.5, 0.6) is 11.5 Å². The van der Waals surface area contributed by atoms with Crippen LogP contribution in [0.4, 0.5) is 0 Å². The van der Waals surface area contributed by atoms with E-state index in [1.165, 1.54) is 0 Å². The molecule has 0 radical (unpaired) electrons. The number of nitrogens with zero attached hydrogens (tertiary/aromatic N) is 3. The summed E-state index contributed by atoms with van der Waals surface area (Å²) in [6.07, 6.45) is 1.62. The minimum absolute atomic E-state index is 0.0938. The molecule has 0 saturated carbocycles. The first-order chi connectivity index (χ1) is 17.1. The fraction of sp³-hybridized carbons (Fsp3) is 0.357. The molecular formula is C28H33N3O4. The standard InChI is InChI=1S/C28H33N3O4/c1-3-34-27-15-23(12-13-26(27)33-2)16-30-18-25(35-21-24-11-7-8-14-29-24)19-31(28(32)20-30)17-22-9-5-4-6-10-22/h4-15,25H,3,16-21H2,1-2H3. The zero-order valence-corrected chi connectivity index (χ0v) is 20.4. The molecule has 1 atom stereocenters. The van der Waals surface area contributed by atoms with E-state index in [1.807, 2.05) is 78.6 Å². The highest BCUT2D eigenvalue weighted by Crippen LogP contribution is 2.29. The fourth-order valence-electron chi connectivity index (χ4n) is 4.26. The molecule has 1 aromatic heterocycles. The molecule has 1 saturated heterocycles. The van der Waals surface area contributed by atoms with Crippen molar-refractivity contribution >= 4 is 5.91 Å². The van der Waals surface area contributed by atoms with Crippen molar-refractivity contribution in [2.45, 2.75) is 32.7 Å². The van der Waals surface area contributed by atoms with Crippen molar-refractivity contribution in [3.05, 3.63) is 89.7 Å². The number of hydrogen-bond acceptors (Lipinski definition) is 6. The van der Waals surface area contributed by atoms with E-state index in [-0.39, 0.29) is 12.0 Å². The van der Waals surface area contributed by atoms with Crippen molar-refractivity contribution in [2.24, 2.45) is 0 Å². The quantitative estimate of drug-likeness (QED) is 0.443. The molecule has 0 spiro atoms. The summed E-state index contributed by atoms with van der Waals surface area (Å²) >= 11 is 0. The van der Waals surface area contributed by atoms with Crippen LogP contribution in [0.1, 0.15) is 23.7 Å². The predicted octanol–water partition coefficient (Wildman–Crippen LogP) is 3.92. The maximum absolute atomic E-state index is 13.3. The van der Waals surface area contributed by atoms with Gasteiger partial charge in [0.05, 0.1) is 38.7 Å². The number of amides is 1. The summed E-state index contributed by atoms with van der Waals surface area (Å²) in [5.41, 5.74) is 3.04. The van der Waals surface area contributed by atoms with Crippen LogP contribution in [-0.2, 0) is 29.2 Å². The Morgan fingerprint density at radius 2 is 1.77 bits per heavy atom. The molecule has 0 aliphatic carbocycles. The van der Waals surface area contributed by atoms with E-state index in [1.54, 1.807) is 13.3 Å². The number of carbonyl (C=O) groups is 1. The van der Waals surface area contributed by atoms with Gasteiger partial charge in [0.2, 0.25) is 5.91 Å². The molecule has 1 unspecified atom stereocenters. The van der Waals surface area contributed by atoms with Crippen LogP contribution >= 0.6 is 0 Å². The van der Waals surface area contributed by atoms with Crippen molar-refractivity contribution in [3.8, 4) is 11.5 Å². The summed E-state index contributed by atoms with van der Waals surface area (Å²) in [6.45, 7) is 5.58. The fourth-order valence-corrected chi connectivity index (χ4v) is 4.26. The predicted molar refractivity (Wildman–Crippen MR) is 134 cm³/mol. The molecule has 2 heterocycles. The van der Waals surface area contributed by atoms with E-state index in [9.17, 15) is 4.79 Å². The number of ether oxygens (including phenoxy) is 3. The highest BCUT2D eigenvalue weighted by Gasteiger charge is 2.29. The second-order valence-electron chi connectivity index (χ2n) is 8.60. The minimum atomic E-state index is -0.142. The number of methoxy groups -OCH3 is 1. The van der Waals surface area contributed by atoms with E-state index in [2.05, 4.69) is 9.88 Å². The molecule has 35 heavy (non-hydrogen) atoms. The molecule has 1 amide bonds. The number of pyridine rings is 1. The number of benzene rings is 2. The number of aromatic nitrogens is 1. The molecule has 3 aromatic rings. The van der Waals surface area contributed by atoms with Gasteiger partial charge in [0, 0.05) is 32.4 Å². The molecule has 0 N–H and O–H groups in total. The summed E-state index contributed by atoms with van der Waals surface area (Å²) < 4.78 is 17.5. The third kappa shape index (κ3) is 7.04. The van der Waals surface area contributed by atoms with E-state index in [0.717, 1.165) is 16.8 Å². The van der Waals surface area contributed by atoms with Crippen molar-refractivity contribution in [1.29, 1.82) is 0 Å². The molecule has 4 rings (SSSR count). The van der Waals surface area contributed by atoms with Gasteiger partial charge >= 0.3 is 0 Å². The highest BCUT2D eigenvalue weighted by atomic mass is 16.5. The van der Waals surface area contributed by atoms with Crippen LogP contribution in [-0.4, -0.2) is 60.1 Å². The van der Waals surface area contributed by atoms with Gasteiger partial charge in [-0.15, -0.1) is 0 Å². The summed E-state index contributed by atoms with van der Waals surface area (Å²) in [6, 6.07) is 21.8. The van der Waals surface area contributed by atoms with Crippen LogP contribution in [0.2, 0.25) is 0 Å². The Bertz CT molecular complexity index is 1080. The summed E-state index contributed by atoms with van der Waals surface area (Å²) in [5.74, 6) is 1.51. The molecule has 7 nitrogen and oxygen atoms in total. The monoisotopic (exact) mass is 475 g/mol. The topological polar surface area (TPSA) is 64.1 Å². The highest BCUT2D eigenvalue weighted by molar-refractivity contribution is 5.78. The van der Waals surface area contributed by atoms with Gasteiger partial charge in [-0.2, -0.15) is 0 Å². The first-order valence-corrected chi connectivity index (χ1v) is 12.0. The second-order valence-corrected chi connectivity index (χ2v) is 8.60. The van der Waals surface area contributed by atoms with Gasteiger partial charge in [0.15, 0.2) is 11.5 Å². The van der Waals surface area contributed by atoms with Gasteiger partial charge in [-0.1, -0.05) is 42.5 Å². The molecule has 2 aromatic carbocycles. The molecule has 1 aliphatic heterocycles. The molecule has 0 bridgehead atoms. The summed E-state index contributed by atoms with van der Waals surface area (Å²) in [7, 11) is 1.63. The van der Waals surface area contributed by atoms with Gasteiger partial charge in [-0.3, -0.25) is 14.7 Å². The zero-order valence-electron chi connectivity index (χ0n) is 20.4. The van der Waals surface area contributed by atoms with Crippen LogP contribution < -0.4 is 9.47 Å². The number of hydrogen-bond donors (Lipinski definition) is 0. The Morgan fingerprint density at radius 1 is 0.943 bits per heavy atom. The van der Waals surface area contributed by atoms with E-state index < -0.39 is 0 Å². The second kappa shape index (κ2) is 12.3. The lowest BCUT2D eigenvalue weighted by molar-refractivity contribution is -0.132. The van der Waals surface area contributed by atoms with Gasteiger partial charge in [0.1, 0.15) is 0 Å². The third-order valence-electron chi connectivity index (χ3n) is 5.94. The molecule has 184 valence electrons. The van der Waals surface area contributed by atoms with Crippen LogP contribution in [0.3, 0.4) is 0 Å². The van der Waals surface area contributed by atoms with Crippen LogP contribution in [0.25, 0.3) is 0 Å². The Hall–Kier alpha value is -3.42. The molecule has 1 fully saturated rings. The van der Waals surface area contributed by atoms with Gasteiger partial charge in [-0.25, -0.2) is 0 Å². The smallest absolute Gasteiger partial charge is 0.237 e. The minimum Gasteiger partial charge on any atom is -0.493 e. The van der Waals surface area contributed by atoms with Gasteiger partial charge in [0.25, 0.3) is 0 Å². The van der Waals surface area contributed by atoms with Gasteiger partial charge < -0.3 is 19.1 Å². The Morgan fingerprint density at radius 3 is 2.51 bits per heavy atom. The van der Waals surface area contributed by atoms with E-state index in [4.69, 9.17) is 14.2 Å². The SMILES string of the molecule is CCOc1cc(CN2CC(=O)N(Cc3ccccc3)CC(OCc3ccccn3)C2)ccc1OC.